The van der Waals surface area contributed by atoms with Gasteiger partial charge in [0.05, 0.1) is 6.42 Å². The lowest BCUT2D eigenvalue weighted by Crippen LogP contribution is -2.58. The number of rotatable bonds is 7. The number of carbonyl (C=O) groups is 2. The van der Waals surface area contributed by atoms with Crippen LogP contribution in [0.15, 0.2) is 48.5 Å². The first-order valence-electron chi connectivity index (χ1n) is 10.1. The smallest absolute Gasteiger partial charge is 0.260 e. The van der Waals surface area contributed by atoms with Gasteiger partial charge < -0.3 is 15.4 Å². The molecule has 1 saturated heterocycles. The highest BCUT2D eigenvalue weighted by molar-refractivity contribution is 5.78. The van der Waals surface area contributed by atoms with Gasteiger partial charge in [0, 0.05) is 31.7 Å². The fraction of sp³-hybridized carbons (Fsp3) is 0.391. The first-order valence-corrected chi connectivity index (χ1v) is 10.1. The molecule has 6 nitrogen and oxygen atoms in total. The summed E-state index contributed by atoms with van der Waals surface area (Å²) in [7, 11) is 0. The number of benzene rings is 2. The van der Waals surface area contributed by atoms with Crippen molar-refractivity contribution < 1.29 is 18.7 Å². The van der Waals surface area contributed by atoms with Gasteiger partial charge in [0.25, 0.3) is 5.91 Å². The number of primary amides is 1. The average molecular weight is 413 g/mol. The molecular formula is C23H28FN3O3. The van der Waals surface area contributed by atoms with Crippen LogP contribution < -0.4 is 10.5 Å². The molecule has 0 spiro atoms. The summed E-state index contributed by atoms with van der Waals surface area (Å²) < 4.78 is 18.8. The molecule has 1 fully saturated rings. The molecule has 0 aromatic heterocycles. The van der Waals surface area contributed by atoms with Crippen molar-refractivity contribution >= 4 is 11.8 Å². The number of halogens is 1. The lowest BCUT2D eigenvalue weighted by Gasteiger charge is -2.44. The monoisotopic (exact) mass is 413 g/mol. The van der Waals surface area contributed by atoms with Crippen LogP contribution in [-0.4, -0.2) is 53.4 Å². The number of hydrogen-bond donors (Lipinski definition) is 1. The van der Waals surface area contributed by atoms with Crippen molar-refractivity contribution in [1.29, 1.82) is 0 Å². The van der Waals surface area contributed by atoms with Crippen LogP contribution in [0.3, 0.4) is 0 Å². The van der Waals surface area contributed by atoms with Crippen molar-refractivity contribution in [2.24, 2.45) is 5.73 Å². The van der Waals surface area contributed by atoms with Crippen LogP contribution in [-0.2, 0) is 22.6 Å². The van der Waals surface area contributed by atoms with Crippen LogP contribution in [0, 0.1) is 5.82 Å². The van der Waals surface area contributed by atoms with Gasteiger partial charge in [0.1, 0.15) is 11.6 Å². The van der Waals surface area contributed by atoms with E-state index in [9.17, 15) is 14.0 Å². The largest absolute Gasteiger partial charge is 0.484 e. The summed E-state index contributed by atoms with van der Waals surface area (Å²) in [5, 5.41) is 0. The molecule has 2 aromatic carbocycles. The minimum absolute atomic E-state index is 0.0375. The van der Waals surface area contributed by atoms with Gasteiger partial charge in [-0.1, -0.05) is 24.3 Å². The molecule has 160 valence electrons. The zero-order valence-corrected chi connectivity index (χ0v) is 17.4. The number of carbonyl (C=O) groups excluding carboxylic acids is 2. The third-order valence-electron chi connectivity index (χ3n) is 5.40. The van der Waals surface area contributed by atoms with E-state index in [-0.39, 0.29) is 42.7 Å². The second-order valence-corrected chi connectivity index (χ2v) is 7.88. The predicted octanol–water partition coefficient (Wildman–Crippen LogP) is 2.35. The van der Waals surface area contributed by atoms with E-state index < -0.39 is 0 Å². The highest BCUT2D eigenvalue weighted by atomic mass is 19.1. The Balaban J connectivity index is 1.52. The van der Waals surface area contributed by atoms with Crippen LogP contribution in [0.25, 0.3) is 0 Å². The summed E-state index contributed by atoms with van der Waals surface area (Å²) in [6, 6.07) is 13.8. The predicted molar refractivity (Wildman–Crippen MR) is 112 cm³/mol. The molecule has 0 bridgehead atoms. The number of nitrogens with zero attached hydrogens (tertiary/aromatic N) is 2. The van der Waals surface area contributed by atoms with E-state index in [1.165, 1.54) is 12.1 Å². The SMILES string of the molecule is CC1CN(C(=O)COc2ccc(CC(N)=O)cc2)C(C)CN1Cc1ccc(F)cc1. The molecule has 0 aliphatic carbocycles. The number of hydrogen-bond acceptors (Lipinski definition) is 4. The standard InChI is InChI=1S/C23H28FN3O3/c1-16-13-27(17(2)12-26(16)14-19-3-7-20(24)8-4-19)23(29)15-30-21-9-5-18(6-10-21)11-22(25)28/h3-10,16-17H,11-15H2,1-2H3,(H2,25,28). The number of ether oxygens (including phenoxy) is 1. The number of piperazine rings is 1. The van der Waals surface area contributed by atoms with E-state index in [4.69, 9.17) is 10.5 Å². The topological polar surface area (TPSA) is 75.9 Å². The molecule has 1 heterocycles. The highest BCUT2D eigenvalue weighted by Crippen LogP contribution is 2.19. The molecule has 7 heteroatoms. The Hall–Kier alpha value is -2.93. The Kier molecular flexibility index (Phi) is 7.05. The maximum atomic E-state index is 13.1. The van der Waals surface area contributed by atoms with Gasteiger partial charge in [-0.25, -0.2) is 4.39 Å². The first-order chi connectivity index (χ1) is 14.3. The second-order valence-electron chi connectivity index (χ2n) is 7.88. The Morgan fingerprint density at radius 3 is 2.27 bits per heavy atom. The molecule has 0 saturated carbocycles. The summed E-state index contributed by atoms with van der Waals surface area (Å²) in [4.78, 5) is 27.8. The summed E-state index contributed by atoms with van der Waals surface area (Å²) in [5.41, 5.74) is 7.05. The molecule has 2 amide bonds. The molecule has 2 N–H and O–H groups in total. The number of nitrogens with two attached hydrogens (primary N) is 1. The minimum atomic E-state index is -0.388. The zero-order chi connectivity index (χ0) is 21.7. The molecular weight excluding hydrogens is 385 g/mol. The van der Waals surface area contributed by atoms with Gasteiger partial charge in [0.15, 0.2) is 6.61 Å². The van der Waals surface area contributed by atoms with Crippen LogP contribution in [0.5, 0.6) is 5.75 Å². The molecule has 1 aliphatic rings. The van der Waals surface area contributed by atoms with Gasteiger partial charge in [0.2, 0.25) is 5.91 Å². The average Bonchev–Trinajstić information content (AvgIpc) is 2.71. The van der Waals surface area contributed by atoms with E-state index in [0.29, 0.717) is 12.3 Å². The summed E-state index contributed by atoms with van der Waals surface area (Å²) in [6.45, 7) is 6.16. The van der Waals surface area contributed by atoms with Crippen molar-refractivity contribution in [3.8, 4) is 5.75 Å². The summed E-state index contributed by atoms with van der Waals surface area (Å²) in [5.74, 6) is -0.108. The quantitative estimate of drug-likeness (QED) is 0.756. The van der Waals surface area contributed by atoms with E-state index in [2.05, 4.69) is 11.8 Å². The Labute approximate surface area is 176 Å². The lowest BCUT2D eigenvalue weighted by atomic mass is 10.1. The van der Waals surface area contributed by atoms with Gasteiger partial charge in [-0.15, -0.1) is 0 Å². The van der Waals surface area contributed by atoms with Gasteiger partial charge in [-0.05, 0) is 49.2 Å². The molecule has 2 atom stereocenters. The molecule has 0 radical (unpaired) electrons. The molecule has 1 aliphatic heterocycles. The Bertz CT molecular complexity index is 870. The lowest BCUT2D eigenvalue weighted by molar-refractivity contribution is -0.139. The highest BCUT2D eigenvalue weighted by Gasteiger charge is 2.32. The first kappa shape index (κ1) is 21.8. The second kappa shape index (κ2) is 9.71. The third kappa shape index (κ3) is 5.79. The van der Waals surface area contributed by atoms with Gasteiger partial charge >= 0.3 is 0 Å². The van der Waals surface area contributed by atoms with E-state index in [0.717, 1.165) is 24.2 Å². The Morgan fingerprint density at radius 1 is 1.00 bits per heavy atom. The normalized spacial score (nSPS) is 19.5. The fourth-order valence-corrected chi connectivity index (χ4v) is 3.72. The molecule has 2 aromatic rings. The molecule has 3 rings (SSSR count). The maximum Gasteiger partial charge on any atom is 0.260 e. The van der Waals surface area contributed by atoms with Crippen molar-refractivity contribution in [2.45, 2.75) is 38.9 Å². The minimum Gasteiger partial charge on any atom is -0.484 e. The maximum absolute atomic E-state index is 13.1. The Morgan fingerprint density at radius 2 is 1.63 bits per heavy atom. The van der Waals surface area contributed by atoms with Crippen molar-refractivity contribution in [2.75, 3.05) is 19.7 Å². The molecule has 2 unspecified atom stereocenters. The number of amides is 2. The van der Waals surface area contributed by atoms with Crippen LogP contribution in [0.4, 0.5) is 4.39 Å². The van der Waals surface area contributed by atoms with Crippen molar-refractivity contribution in [3.05, 3.63) is 65.5 Å². The van der Waals surface area contributed by atoms with Crippen molar-refractivity contribution in [1.82, 2.24) is 9.80 Å². The van der Waals surface area contributed by atoms with E-state index in [1.54, 1.807) is 36.4 Å². The van der Waals surface area contributed by atoms with Gasteiger partial charge in [-0.2, -0.15) is 0 Å². The van der Waals surface area contributed by atoms with Crippen LogP contribution >= 0.6 is 0 Å². The third-order valence-corrected chi connectivity index (χ3v) is 5.40. The fourth-order valence-electron chi connectivity index (χ4n) is 3.72. The summed E-state index contributed by atoms with van der Waals surface area (Å²) in [6.07, 6.45) is 0.177. The van der Waals surface area contributed by atoms with Gasteiger partial charge in [-0.3, -0.25) is 14.5 Å². The van der Waals surface area contributed by atoms with Crippen LogP contribution in [0.1, 0.15) is 25.0 Å². The van der Waals surface area contributed by atoms with E-state index >= 15 is 0 Å². The summed E-state index contributed by atoms with van der Waals surface area (Å²) >= 11 is 0. The van der Waals surface area contributed by atoms with Crippen molar-refractivity contribution in [3.63, 3.8) is 0 Å². The zero-order valence-electron chi connectivity index (χ0n) is 17.4. The van der Waals surface area contributed by atoms with E-state index in [1.807, 2.05) is 11.8 Å². The van der Waals surface area contributed by atoms with Crippen LogP contribution in [0.2, 0.25) is 0 Å². The molecule has 30 heavy (non-hydrogen) atoms.